The minimum Gasteiger partial charge on any atom is -0.484 e. The molecule has 1 aliphatic carbocycles. The van der Waals surface area contributed by atoms with E-state index in [9.17, 15) is 19.7 Å². The van der Waals surface area contributed by atoms with E-state index in [0.29, 0.717) is 25.9 Å². The fraction of sp³-hybridized carbons (Fsp3) is 0.667. The van der Waals surface area contributed by atoms with Gasteiger partial charge in [0.15, 0.2) is 5.75 Å². The molecule has 32 heavy (non-hydrogen) atoms. The zero-order valence-electron chi connectivity index (χ0n) is 19.9. The van der Waals surface area contributed by atoms with Gasteiger partial charge in [-0.2, -0.15) is 0 Å². The van der Waals surface area contributed by atoms with Crippen molar-refractivity contribution in [3.8, 4) is 5.75 Å². The maximum Gasteiger partial charge on any atom is 0.410 e. The molecule has 3 rings (SSSR count). The molecule has 1 aromatic rings. The van der Waals surface area contributed by atoms with E-state index in [1.165, 1.54) is 6.07 Å². The maximum atomic E-state index is 13.6. The average molecular weight is 447 g/mol. The molecule has 0 unspecified atom stereocenters. The van der Waals surface area contributed by atoms with Crippen LogP contribution in [0.5, 0.6) is 5.75 Å². The lowest BCUT2D eigenvalue weighted by Gasteiger charge is -2.34. The van der Waals surface area contributed by atoms with Crippen molar-refractivity contribution in [3.63, 3.8) is 0 Å². The minimum atomic E-state index is -0.604. The number of carbonyl (C=O) groups excluding carboxylic acids is 2. The van der Waals surface area contributed by atoms with Gasteiger partial charge in [0, 0.05) is 25.1 Å². The molecule has 8 nitrogen and oxygen atoms in total. The van der Waals surface area contributed by atoms with E-state index in [-0.39, 0.29) is 35.3 Å². The highest BCUT2D eigenvalue weighted by atomic mass is 16.6. The van der Waals surface area contributed by atoms with Gasteiger partial charge in [-0.3, -0.25) is 14.9 Å². The Morgan fingerprint density at radius 3 is 2.25 bits per heavy atom. The van der Waals surface area contributed by atoms with Crippen molar-refractivity contribution < 1.29 is 24.0 Å². The molecule has 1 aliphatic heterocycles. The predicted octanol–water partition coefficient (Wildman–Crippen LogP) is 4.94. The number of nitrogens with zero attached hydrogens (tertiary/aromatic N) is 2. The van der Waals surface area contributed by atoms with Crippen LogP contribution in [0.2, 0.25) is 0 Å². The molecule has 1 amide bonds. The number of rotatable bonds is 6. The number of amides is 1. The minimum absolute atomic E-state index is 0.0751. The van der Waals surface area contributed by atoms with Crippen molar-refractivity contribution >= 4 is 17.6 Å². The first-order valence-electron chi connectivity index (χ1n) is 11.3. The van der Waals surface area contributed by atoms with Crippen molar-refractivity contribution in [2.45, 2.75) is 84.3 Å². The summed E-state index contributed by atoms with van der Waals surface area (Å²) in [5.74, 6) is 0.249. The van der Waals surface area contributed by atoms with E-state index in [2.05, 4.69) is 0 Å². The molecule has 0 bridgehead atoms. The van der Waals surface area contributed by atoms with Gasteiger partial charge in [0.25, 0.3) is 0 Å². The maximum absolute atomic E-state index is 13.6. The SMILES string of the molecule is Cc1cc([N+](=O)[O-])c(OC(C)C)cc1C1(C(=O)C2CCN(C(=O)OC(C)(C)C)CC2)CC1. The van der Waals surface area contributed by atoms with Gasteiger partial charge in [0.2, 0.25) is 0 Å². The van der Waals surface area contributed by atoms with Gasteiger partial charge in [-0.05, 0) is 84.4 Å². The Kier molecular flexibility index (Phi) is 6.54. The molecule has 0 N–H and O–H groups in total. The Balaban J connectivity index is 1.77. The average Bonchev–Trinajstić information content (AvgIpc) is 3.48. The first-order chi connectivity index (χ1) is 14.8. The molecule has 1 saturated heterocycles. The number of benzene rings is 1. The fourth-order valence-electron chi connectivity index (χ4n) is 4.49. The van der Waals surface area contributed by atoms with Crippen LogP contribution < -0.4 is 4.74 Å². The van der Waals surface area contributed by atoms with Crippen LogP contribution in [0.25, 0.3) is 0 Å². The topological polar surface area (TPSA) is 99.0 Å². The van der Waals surface area contributed by atoms with E-state index in [1.54, 1.807) is 11.0 Å². The van der Waals surface area contributed by atoms with Gasteiger partial charge in [-0.15, -0.1) is 0 Å². The van der Waals surface area contributed by atoms with Gasteiger partial charge in [-0.1, -0.05) is 0 Å². The number of hydrogen-bond acceptors (Lipinski definition) is 6. The van der Waals surface area contributed by atoms with Crippen LogP contribution >= 0.6 is 0 Å². The molecule has 1 aromatic carbocycles. The molecule has 0 aromatic heterocycles. The lowest BCUT2D eigenvalue weighted by molar-refractivity contribution is -0.386. The van der Waals surface area contributed by atoms with Gasteiger partial charge in [0.05, 0.1) is 16.4 Å². The van der Waals surface area contributed by atoms with E-state index in [0.717, 1.165) is 24.0 Å². The van der Waals surface area contributed by atoms with Gasteiger partial charge >= 0.3 is 11.8 Å². The second-order valence-electron chi connectivity index (χ2n) is 10.2. The molecule has 1 heterocycles. The van der Waals surface area contributed by atoms with E-state index in [1.807, 2.05) is 41.5 Å². The zero-order chi connectivity index (χ0) is 23.8. The number of Topliss-reactive ketones (excluding diaryl/α,β-unsaturated/α-hetero) is 1. The standard InChI is InChI=1S/C24H34N2O6/c1-15(2)31-20-14-18(16(3)13-19(20)26(29)30)24(9-10-24)21(27)17-7-11-25(12-8-17)22(28)32-23(4,5)6/h13-15,17H,7-12H2,1-6H3. The second-order valence-corrected chi connectivity index (χ2v) is 10.2. The number of nitro groups is 1. The Hall–Kier alpha value is -2.64. The van der Waals surface area contributed by atoms with Crippen LogP contribution in [0.15, 0.2) is 12.1 Å². The molecule has 176 valence electrons. The zero-order valence-corrected chi connectivity index (χ0v) is 19.9. The molecule has 0 radical (unpaired) electrons. The number of ether oxygens (including phenoxy) is 2. The van der Waals surface area contributed by atoms with E-state index >= 15 is 0 Å². The molecule has 2 aliphatic rings. The first kappa shape index (κ1) is 24.0. The predicted molar refractivity (Wildman–Crippen MR) is 120 cm³/mol. The highest BCUT2D eigenvalue weighted by molar-refractivity contribution is 5.95. The van der Waals surface area contributed by atoms with Crippen LogP contribution in [0.3, 0.4) is 0 Å². The highest BCUT2D eigenvalue weighted by Gasteiger charge is 2.54. The van der Waals surface area contributed by atoms with Crippen LogP contribution in [-0.2, 0) is 14.9 Å². The number of aryl methyl sites for hydroxylation is 1. The fourth-order valence-corrected chi connectivity index (χ4v) is 4.49. The highest BCUT2D eigenvalue weighted by Crippen LogP contribution is 2.54. The molecular formula is C24H34N2O6. The summed E-state index contributed by atoms with van der Waals surface area (Å²) < 4.78 is 11.2. The quantitative estimate of drug-likeness (QED) is 0.453. The normalized spacial score (nSPS) is 18.4. The lowest BCUT2D eigenvalue weighted by atomic mass is 9.78. The summed E-state index contributed by atoms with van der Waals surface area (Å²) in [4.78, 5) is 38.6. The Labute approximate surface area is 189 Å². The number of piperidine rings is 1. The van der Waals surface area contributed by atoms with Crippen LogP contribution in [0.4, 0.5) is 10.5 Å². The van der Waals surface area contributed by atoms with Crippen molar-refractivity contribution in [1.29, 1.82) is 0 Å². The number of nitro benzene ring substituents is 1. The number of likely N-dealkylation sites (tertiary alicyclic amines) is 1. The smallest absolute Gasteiger partial charge is 0.410 e. The number of hydrogen-bond donors (Lipinski definition) is 0. The Morgan fingerprint density at radius 1 is 1.19 bits per heavy atom. The van der Waals surface area contributed by atoms with Gasteiger partial charge < -0.3 is 14.4 Å². The van der Waals surface area contributed by atoms with Crippen molar-refractivity contribution in [3.05, 3.63) is 33.4 Å². The molecule has 8 heteroatoms. The summed E-state index contributed by atoms with van der Waals surface area (Å²) in [5, 5.41) is 11.5. The summed E-state index contributed by atoms with van der Waals surface area (Å²) >= 11 is 0. The van der Waals surface area contributed by atoms with Crippen molar-refractivity contribution in [2.75, 3.05) is 13.1 Å². The third-order valence-corrected chi connectivity index (χ3v) is 6.12. The summed E-state index contributed by atoms with van der Waals surface area (Å²) in [6.07, 6.45) is 2.11. The Morgan fingerprint density at radius 2 is 1.78 bits per heavy atom. The second kappa shape index (κ2) is 8.71. The van der Waals surface area contributed by atoms with E-state index < -0.39 is 15.9 Å². The van der Waals surface area contributed by atoms with Crippen LogP contribution in [-0.4, -0.2) is 46.5 Å². The van der Waals surface area contributed by atoms with Crippen molar-refractivity contribution in [1.82, 2.24) is 4.90 Å². The van der Waals surface area contributed by atoms with Crippen LogP contribution in [0, 0.1) is 23.0 Å². The molecule has 0 spiro atoms. The summed E-state index contributed by atoms with van der Waals surface area (Å²) in [7, 11) is 0. The number of ketones is 1. The summed E-state index contributed by atoms with van der Waals surface area (Å²) in [5.41, 5.74) is 0.343. The summed E-state index contributed by atoms with van der Waals surface area (Å²) in [6, 6.07) is 3.22. The number of carbonyl (C=O) groups is 2. The molecule has 1 saturated carbocycles. The third-order valence-electron chi connectivity index (χ3n) is 6.12. The third kappa shape index (κ3) is 5.05. The monoisotopic (exact) mass is 446 g/mol. The van der Waals surface area contributed by atoms with Gasteiger partial charge in [-0.25, -0.2) is 4.79 Å². The molecule has 0 atom stereocenters. The molecular weight excluding hydrogens is 412 g/mol. The van der Waals surface area contributed by atoms with Gasteiger partial charge in [0.1, 0.15) is 11.4 Å². The van der Waals surface area contributed by atoms with Crippen molar-refractivity contribution in [2.24, 2.45) is 5.92 Å². The first-order valence-corrected chi connectivity index (χ1v) is 11.3. The summed E-state index contributed by atoms with van der Waals surface area (Å²) in [6.45, 7) is 11.9. The van der Waals surface area contributed by atoms with E-state index in [4.69, 9.17) is 9.47 Å². The lowest BCUT2D eigenvalue weighted by Crippen LogP contribution is -2.44. The van der Waals surface area contributed by atoms with Crippen LogP contribution in [0.1, 0.15) is 71.4 Å². The Bertz CT molecular complexity index is 906. The largest absolute Gasteiger partial charge is 0.484 e. The molecule has 2 fully saturated rings.